The minimum atomic E-state index is -0.657. The lowest BCUT2D eigenvalue weighted by atomic mass is 10.1. The quantitative estimate of drug-likeness (QED) is 0.484. The lowest BCUT2D eigenvalue weighted by molar-refractivity contribution is 0.227. The number of ether oxygens (including phenoxy) is 3. The van der Waals surface area contributed by atoms with E-state index < -0.39 is 11.9 Å². The minimum Gasteiger partial charge on any atom is -0.493 e. The highest BCUT2D eigenvalue weighted by atomic mass is 35.5. The highest BCUT2D eigenvalue weighted by Crippen LogP contribution is 2.38. The van der Waals surface area contributed by atoms with E-state index in [2.05, 4.69) is 4.98 Å². The van der Waals surface area contributed by atoms with Crippen LogP contribution in [0.4, 0.5) is 10.2 Å². The fourth-order valence-corrected chi connectivity index (χ4v) is 3.57. The first kappa shape index (κ1) is 21.0. The maximum absolute atomic E-state index is 13.9. The summed E-state index contributed by atoms with van der Waals surface area (Å²) in [6.45, 7) is 1.70. The molecule has 0 aliphatic heterocycles. The molecular formula is C21H19Cl2FN2O3. The Bertz CT molecular complexity index is 1050. The van der Waals surface area contributed by atoms with Crippen molar-refractivity contribution in [3.05, 3.63) is 64.0 Å². The van der Waals surface area contributed by atoms with Crippen molar-refractivity contribution in [1.82, 2.24) is 4.98 Å². The summed E-state index contributed by atoms with van der Waals surface area (Å²) < 4.78 is 30.4. The predicted octanol–water partition coefficient (Wildman–Crippen LogP) is 5.93. The monoisotopic (exact) mass is 436 g/mol. The summed E-state index contributed by atoms with van der Waals surface area (Å²) in [5.74, 6) is 1.12. The van der Waals surface area contributed by atoms with Crippen LogP contribution in [0.1, 0.15) is 18.6 Å². The molecule has 0 spiro atoms. The van der Waals surface area contributed by atoms with Crippen LogP contribution in [0.15, 0.2) is 42.6 Å². The summed E-state index contributed by atoms with van der Waals surface area (Å²) in [5, 5.41) is 0.207. The summed E-state index contributed by atoms with van der Waals surface area (Å²) in [5.41, 5.74) is 7.90. The van der Waals surface area contributed by atoms with E-state index in [1.54, 1.807) is 39.5 Å². The summed E-state index contributed by atoms with van der Waals surface area (Å²) in [7, 11) is 3.13. The number of benzene rings is 2. The Morgan fingerprint density at radius 1 is 0.966 bits per heavy atom. The second-order valence-corrected chi connectivity index (χ2v) is 6.98. The number of rotatable bonds is 6. The number of methoxy groups -OCH3 is 2. The zero-order valence-electron chi connectivity index (χ0n) is 16.0. The van der Waals surface area contributed by atoms with E-state index in [0.717, 1.165) is 11.1 Å². The van der Waals surface area contributed by atoms with Crippen molar-refractivity contribution < 1.29 is 18.6 Å². The van der Waals surface area contributed by atoms with Gasteiger partial charge < -0.3 is 19.9 Å². The Kier molecular flexibility index (Phi) is 6.35. The Morgan fingerprint density at radius 2 is 1.66 bits per heavy atom. The van der Waals surface area contributed by atoms with Crippen LogP contribution in [-0.4, -0.2) is 19.2 Å². The minimum absolute atomic E-state index is 0.0902. The first-order chi connectivity index (χ1) is 13.8. The second-order valence-electron chi connectivity index (χ2n) is 6.19. The maximum Gasteiger partial charge on any atom is 0.166 e. The Balaban J connectivity index is 1.95. The molecule has 5 nitrogen and oxygen atoms in total. The van der Waals surface area contributed by atoms with Gasteiger partial charge in [-0.2, -0.15) is 0 Å². The summed E-state index contributed by atoms with van der Waals surface area (Å²) >= 11 is 12.3. The van der Waals surface area contributed by atoms with Gasteiger partial charge in [0.2, 0.25) is 0 Å². The molecule has 0 saturated carbocycles. The van der Waals surface area contributed by atoms with Crippen molar-refractivity contribution in [2.24, 2.45) is 0 Å². The molecule has 2 N–H and O–H groups in total. The summed E-state index contributed by atoms with van der Waals surface area (Å²) in [6, 6.07) is 9.84. The van der Waals surface area contributed by atoms with Crippen LogP contribution in [0, 0.1) is 5.82 Å². The Morgan fingerprint density at radius 3 is 2.34 bits per heavy atom. The van der Waals surface area contributed by atoms with Gasteiger partial charge in [0.05, 0.1) is 19.2 Å². The molecule has 0 fully saturated rings. The summed E-state index contributed by atoms with van der Waals surface area (Å²) in [4.78, 5) is 4.20. The first-order valence-corrected chi connectivity index (χ1v) is 9.39. The molecule has 1 atom stereocenters. The summed E-state index contributed by atoms with van der Waals surface area (Å²) in [6.07, 6.45) is 0.964. The first-order valence-electron chi connectivity index (χ1n) is 8.63. The van der Waals surface area contributed by atoms with Crippen molar-refractivity contribution in [2.45, 2.75) is 13.0 Å². The van der Waals surface area contributed by atoms with Crippen molar-refractivity contribution >= 4 is 29.0 Å². The van der Waals surface area contributed by atoms with Crippen LogP contribution in [0.5, 0.6) is 17.2 Å². The number of pyridine rings is 1. The average molecular weight is 437 g/mol. The number of nitrogens with two attached hydrogens (primary N) is 1. The van der Waals surface area contributed by atoms with Gasteiger partial charge in [0.15, 0.2) is 23.1 Å². The molecule has 1 aromatic heterocycles. The number of halogens is 3. The molecule has 1 unspecified atom stereocenters. The molecule has 0 amide bonds. The zero-order valence-corrected chi connectivity index (χ0v) is 17.5. The van der Waals surface area contributed by atoms with Gasteiger partial charge in [-0.05, 0) is 42.8 Å². The standard InChI is InChI=1S/C21H19Cl2FN2O3/c1-11(19-14(22)5-6-15(24)20(19)23)29-18-9-13(10-26-21(18)25)12-4-7-16(27-2)17(8-12)28-3/h4-11H,1-3H3,(H2,25,26). The van der Waals surface area contributed by atoms with Gasteiger partial charge in [0.25, 0.3) is 0 Å². The third kappa shape index (κ3) is 4.33. The predicted molar refractivity (Wildman–Crippen MR) is 113 cm³/mol. The van der Waals surface area contributed by atoms with Gasteiger partial charge in [-0.25, -0.2) is 9.37 Å². The number of hydrogen-bond acceptors (Lipinski definition) is 5. The van der Waals surface area contributed by atoms with Crippen molar-refractivity contribution in [1.29, 1.82) is 0 Å². The van der Waals surface area contributed by atoms with E-state index in [9.17, 15) is 4.39 Å². The van der Waals surface area contributed by atoms with Crippen molar-refractivity contribution in [2.75, 3.05) is 20.0 Å². The Labute approximate surface area is 178 Å². The van der Waals surface area contributed by atoms with Crippen LogP contribution < -0.4 is 19.9 Å². The van der Waals surface area contributed by atoms with E-state index in [4.69, 9.17) is 43.1 Å². The Hall–Kier alpha value is -2.70. The molecule has 0 saturated heterocycles. The topological polar surface area (TPSA) is 66.6 Å². The van der Waals surface area contributed by atoms with Gasteiger partial charge in [-0.15, -0.1) is 0 Å². The number of aromatic nitrogens is 1. The zero-order chi connectivity index (χ0) is 21.1. The SMILES string of the molecule is COc1ccc(-c2cnc(N)c(OC(C)c3c(Cl)ccc(F)c3Cl)c2)cc1OC. The van der Waals surface area contributed by atoms with Gasteiger partial charge >= 0.3 is 0 Å². The molecule has 0 aliphatic rings. The molecular weight excluding hydrogens is 418 g/mol. The van der Waals surface area contributed by atoms with Gasteiger partial charge in [0.1, 0.15) is 11.9 Å². The number of anilines is 1. The molecule has 3 rings (SSSR count). The van der Waals surface area contributed by atoms with Crippen LogP contribution in [0.2, 0.25) is 10.0 Å². The van der Waals surface area contributed by atoms with E-state index in [-0.39, 0.29) is 10.8 Å². The third-order valence-electron chi connectivity index (χ3n) is 4.39. The van der Waals surface area contributed by atoms with Crippen LogP contribution >= 0.6 is 23.2 Å². The van der Waals surface area contributed by atoms with E-state index in [1.807, 2.05) is 12.1 Å². The highest BCUT2D eigenvalue weighted by molar-refractivity contribution is 6.36. The maximum atomic E-state index is 13.9. The van der Waals surface area contributed by atoms with Gasteiger partial charge in [-0.3, -0.25) is 0 Å². The normalized spacial score (nSPS) is 11.8. The van der Waals surface area contributed by atoms with Crippen molar-refractivity contribution in [3.8, 4) is 28.4 Å². The van der Waals surface area contributed by atoms with Gasteiger partial charge in [-0.1, -0.05) is 29.3 Å². The molecule has 0 aliphatic carbocycles. The molecule has 8 heteroatoms. The molecule has 1 heterocycles. The molecule has 0 bridgehead atoms. The van der Waals surface area contributed by atoms with Gasteiger partial charge in [0, 0.05) is 22.3 Å². The molecule has 2 aromatic carbocycles. The van der Waals surface area contributed by atoms with E-state index in [1.165, 1.54) is 12.1 Å². The molecule has 0 radical (unpaired) electrons. The number of nitrogen functional groups attached to an aromatic ring is 1. The fourth-order valence-electron chi connectivity index (χ4n) is 2.89. The van der Waals surface area contributed by atoms with Crippen molar-refractivity contribution in [3.63, 3.8) is 0 Å². The smallest absolute Gasteiger partial charge is 0.166 e. The lowest BCUT2D eigenvalue weighted by Crippen LogP contribution is -2.08. The molecule has 3 aromatic rings. The number of hydrogen-bond donors (Lipinski definition) is 1. The average Bonchev–Trinajstić information content (AvgIpc) is 2.72. The largest absolute Gasteiger partial charge is 0.493 e. The van der Waals surface area contributed by atoms with Crippen LogP contribution in [0.25, 0.3) is 11.1 Å². The van der Waals surface area contributed by atoms with Crippen LogP contribution in [0.3, 0.4) is 0 Å². The molecule has 152 valence electrons. The van der Waals surface area contributed by atoms with E-state index >= 15 is 0 Å². The van der Waals surface area contributed by atoms with Crippen LogP contribution in [-0.2, 0) is 0 Å². The number of nitrogens with zero attached hydrogens (tertiary/aromatic N) is 1. The fraction of sp³-hybridized carbons (Fsp3) is 0.190. The van der Waals surface area contributed by atoms with E-state index in [0.29, 0.717) is 27.8 Å². The highest BCUT2D eigenvalue weighted by Gasteiger charge is 2.20. The lowest BCUT2D eigenvalue weighted by Gasteiger charge is -2.19. The third-order valence-corrected chi connectivity index (χ3v) is 5.10. The molecule has 29 heavy (non-hydrogen) atoms. The second kappa shape index (κ2) is 8.76.